The number of hydrogen-bond acceptors (Lipinski definition) is 4. The van der Waals surface area contributed by atoms with Crippen molar-refractivity contribution in [2.75, 3.05) is 26.3 Å². The fourth-order valence-corrected chi connectivity index (χ4v) is 5.56. The van der Waals surface area contributed by atoms with Crippen molar-refractivity contribution in [3.8, 4) is 11.3 Å². The number of hydrogen-bond donors (Lipinski definition) is 2. The van der Waals surface area contributed by atoms with Gasteiger partial charge in [0.05, 0.1) is 18.9 Å². The maximum Gasteiger partial charge on any atom is 0.490 e. The number of benzene rings is 2. The first-order chi connectivity index (χ1) is 18.1. The number of aliphatic carboxylic acids is 1. The van der Waals surface area contributed by atoms with E-state index in [1.807, 2.05) is 24.3 Å². The number of aromatic amines is 1. The minimum atomic E-state index is -5.08. The zero-order valence-electron chi connectivity index (χ0n) is 20.4. The quantitative estimate of drug-likeness (QED) is 0.335. The summed E-state index contributed by atoms with van der Waals surface area (Å²) in [6.45, 7) is 3.81. The summed E-state index contributed by atoms with van der Waals surface area (Å²) in [6.07, 6.45) is -1.54. The predicted octanol–water partition coefficient (Wildman–Crippen LogP) is 6.88. The van der Waals surface area contributed by atoms with Crippen LogP contribution in [0, 0.1) is 0 Å². The van der Waals surface area contributed by atoms with Crippen LogP contribution in [0.25, 0.3) is 11.3 Å². The van der Waals surface area contributed by atoms with Gasteiger partial charge in [0.25, 0.3) is 0 Å². The molecule has 6 nitrogen and oxygen atoms in total. The molecular formula is C27H28BrClF3N3O3. The van der Waals surface area contributed by atoms with Crippen molar-refractivity contribution in [1.82, 2.24) is 15.1 Å². The Balaban J connectivity index is 0.000000426. The molecule has 2 fully saturated rings. The summed E-state index contributed by atoms with van der Waals surface area (Å²) in [5.74, 6) is -1.85. The van der Waals surface area contributed by atoms with Crippen LogP contribution in [0.3, 0.4) is 0 Å². The van der Waals surface area contributed by atoms with E-state index >= 15 is 0 Å². The van der Waals surface area contributed by atoms with Crippen molar-refractivity contribution in [2.24, 2.45) is 0 Å². The number of carboxylic acids is 1. The van der Waals surface area contributed by atoms with Crippen molar-refractivity contribution in [3.63, 3.8) is 0 Å². The van der Waals surface area contributed by atoms with Crippen LogP contribution in [0.1, 0.15) is 42.4 Å². The van der Waals surface area contributed by atoms with Crippen molar-refractivity contribution < 1.29 is 27.8 Å². The number of carboxylic acid groups (broad SMARTS) is 1. The first kappa shape index (κ1) is 28.6. The van der Waals surface area contributed by atoms with Gasteiger partial charge < -0.3 is 9.84 Å². The van der Waals surface area contributed by atoms with E-state index in [0.29, 0.717) is 17.9 Å². The highest BCUT2D eigenvalue weighted by atomic mass is 79.9. The zero-order valence-corrected chi connectivity index (χ0v) is 22.8. The van der Waals surface area contributed by atoms with E-state index in [9.17, 15) is 13.2 Å². The molecule has 204 valence electrons. The molecule has 2 heterocycles. The van der Waals surface area contributed by atoms with Gasteiger partial charge in [-0.3, -0.25) is 10.00 Å². The Kier molecular flexibility index (Phi) is 9.51. The first-order valence-corrected chi connectivity index (χ1v) is 13.5. The number of H-pyrrole nitrogens is 1. The topological polar surface area (TPSA) is 78.5 Å². The van der Waals surface area contributed by atoms with E-state index in [-0.39, 0.29) is 0 Å². The van der Waals surface area contributed by atoms with Gasteiger partial charge in [-0.25, -0.2) is 4.79 Å². The molecular weight excluding hydrogens is 587 g/mol. The molecule has 5 rings (SSSR count). The molecule has 1 aliphatic carbocycles. The highest BCUT2D eigenvalue weighted by Crippen LogP contribution is 2.45. The van der Waals surface area contributed by atoms with Gasteiger partial charge in [0, 0.05) is 45.8 Å². The second-order valence-electron chi connectivity index (χ2n) is 9.40. The molecule has 2 aliphatic rings. The Morgan fingerprint density at radius 2 is 1.68 bits per heavy atom. The van der Waals surface area contributed by atoms with Gasteiger partial charge in [-0.2, -0.15) is 18.3 Å². The van der Waals surface area contributed by atoms with Gasteiger partial charge in [0.15, 0.2) is 0 Å². The van der Waals surface area contributed by atoms with Gasteiger partial charge >= 0.3 is 12.1 Å². The van der Waals surface area contributed by atoms with Crippen LogP contribution in [-0.4, -0.2) is 64.7 Å². The fourth-order valence-electron chi connectivity index (χ4n) is 5.17. The lowest BCUT2D eigenvalue weighted by Gasteiger charge is -2.42. The van der Waals surface area contributed by atoms with Crippen molar-refractivity contribution >= 4 is 33.5 Å². The lowest BCUT2D eigenvalue weighted by Crippen LogP contribution is -2.46. The van der Waals surface area contributed by atoms with Crippen molar-refractivity contribution in [1.29, 1.82) is 0 Å². The van der Waals surface area contributed by atoms with Crippen molar-refractivity contribution in [2.45, 2.75) is 43.3 Å². The van der Waals surface area contributed by atoms with Gasteiger partial charge in [0.2, 0.25) is 0 Å². The van der Waals surface area contributed by atoms with Gasteiger partial charge in [0.1, 0.15) is 0 Å². The van der Waals surface area contributed by atoms with Gasteiger partial charge in [-0.15, -0.1) is 0 Å². The fraction of sp³-hybridized carbons (Fsp3) is 0.407. The minimum absolute atomic E-state index is 0.437. The average Bonchev–Trinajstić information content (AvgIpc) is 3.40. The number of nitrogens with zero attached hydrogens (tertiary/aromatic N) is 2. The third-order valence-electron chi connectivity index (χ3n) is 7.06. The zero-order chi connectivity index (χ0) is 27.3. The smallest absolute Gasteiger partial charge is 0.475 e. The standard InChI is InChI=1S/C25H27BrClN3O.C2HF3O2/c26-19-5-1-17(2-6-19)23-15-21(30-11-13-31-14-12-30)9-10-22(23)25-16-24(28-29-25)18-3-7-20(27)8-4-18;3-2(4,5)1(6)7/h1-8,16,21-23H,9-15H2,(H,28,29);(H,6,7)/t21-,22+,23-;/m0./s1. The van der Waals surface area contributed by atoms with E-state index in [0.717, 1.165) is 53.5 Å². The summed E-state index contributed by atoms with van der Waals surface area (Å²) in [7, 11) is 0. The van der Waals surface area contributed by atoms with E-state index < -0.39 is 12.1 Å². The van der Waals surface area contributed by atoms with Crippen LogP contribution in [0.2, 0.25) is 5.02 Å². The molecule has 2 N–H and O–H groups in total. The Morgan fingerprint density at radius 3 is 2.29 bits per heavy atom. The third-order valence-corrected chi connectivity index (χ3v) is 7.84. The number of aromatic nitrogens is 2. The predicted molar refractivity (Wildman–Crippen MR) is 142 cm³/mol. The molecule has 1 saturated heterocycles. The number of rotatable bonds is 4. The molecule has 3 atom stereocenters. The molecule has 0 unspecified atom stereocenters. The largest absolute Gasteiger partial charge is 0.490 e. The molecule has 1 saturated carbocycles. The second-order valence-corrected chi connectivity index (χ2v) is 10.8. The normalized spacial score (nSPS) is 22.4. The Hall–Kier alpha value is -2.40. The molecule has 11 heteroatoms. The van der Waals surface area contributed by atoms with E-state index in [2.05, 4.69) is 61.4 Å². The number of halogens is 5. The Bertz CT molecular complexity index is 1200. The van der Waals surface area contributed by atoms with Crippen LogP contribution in [-0.2, 0) is 9.53 Å². The maximum absolute atomic E-state index is 10.6. The summed E-state index contributed by atoms with van der Waals surface area (Å²) in [6, 6.07) is 19.6. The summed E-state index contributed by atoms with van der Waals surface area (Å²) < 4.78 is 38.5. The number of nitrogens with one attached hydrogen (secondary N) is 1. The van der Waals surface area contributed by atoms with E-state index in [1.165, 1.54) is 24.1 Å². The number of ether oxygens (including phenoxy) is 1. The van der Waals surface area contributed by atoms with Crippen LogP contribution in [0.5, 0.6) is 0 Å². The SMILES string of the molecule is Clc1ccc(-c2cc([C@@H]3CC[C@H](N4CCOCC4)C[C@H]3c3ccc(Br)cc3)[nH]n2)cc1.O=C(O)C(F)(F)F. The average molecular weight is 615 g/mol. The Labute approximate surface area is 232 Å². The van der Waals surface area contributed by atoms with Gasteiger partial charge in [-0.1, -0.05) is 51.8 Å². The Morgan fingerprint density at radius 1 is 1.05 bits per heavy atom. The summed E-state index contributed by atoms with van der Waals surface area (Å²) in [5, 5.41) is 15.9. The third kappa shape index (κ3) is 7.37. The monoisotopic (exact) mass is 613 g/mol. The summed E-state index contributed by atoms with van der Waals surface area (Å²) in [5.41, 5.74) is 4.72. The van der Waals surface area contributed by atoms with Crippen LogP contribution in [0.15, 0.2) is 59.1 Å². The molecule has 0 radical (unpaired) electrons. The van der Waals surface area contributed by atoms with Crippen LogP contribution < -0.4 is 0 Å². The molecule has 1 aliphatic heterocycles. The highest BCUT2D eigenvalue weighted by molar-refractivity contribution is 9.10. The molecule has 1 aromatic heterocycles. The number of morpholine rings is 1. The molecule has 0 amide bonds. The van der Waals surface area contributed by atoms with Gasteiger partial charge in [-0.05, 0) is 61.1 Å². The summed E-state index contributed by atoms with van der Waals surface area (Å²) >= 11 is 9.65. The van der Waals surface area contributed by atoms with E-state index in [1.54, 1.807) is 0 Å². The number of alkyl halides is 3. The molecule has 0 spiro atoms. The maximum atomic E-state index is 10.6. The molecule has 3 aromatic rings. The minimum Gasteiger partial charge on any atom is -0.475 e. The van der Waals surface area contributed by atoms with Crippen LogP contribution in [0.4, 0.5) is 13.2 Å². The second kappa shape index (κ2) is 12.6. The highest BCUT2D eigenvalue weighted by Gasteiger charge is 2.38. The lowest BCUT2D eigenvalue weighted by molar-refractivity contribution is -0.192. The lowest BCUT2D eigenvalue weighted by atomic mass is 9.71. The molecule has 0 bridgehead atoms. The molecule has 38 heavy (non-hydrogen) atoms. The van der Waals surface area contributed by atoms with Crippen LogP contribution >= 0.6 is 27.5 Å². The van der Waals surface area contributed by atoms with E-state index in [4.69, 9.17) is 26.2 Å². The van der Waals surface area contributed by atoms with Crippen molar-refractivity contribution in [3.05, 3.63) is 75.4 Å². The summed E-state index contributed by atoms with van der Waals surface area (Å²) in [4.78, 5) is 11.5. The number of carbonyl (C=O) groups is 1. The first-order valence-electron chi connectivity index (χ1n) is 12.3. The molecule has 2 aromatic carbocycles.